The van der Waals surface area contributed by atoms with E-state index in [4.69, 9.17) is 4.74 Å². The molecule has 98 valence electrons. The molecule has 1 amide bonds. The predicted molar refractivity (Wildman–Crippen MR) is 69.7 cm³/mol. The number of hydrogen-bond donors (Lipinski definition) is 1. The molecule has 5 heteroatoms. The number of nitrogens with zero attached hydrogens (tertiary/aromatic N) is 2. The van der Waals surface area contributed by atoms with Gasteiger partial charge in [-0.05, 0) is 26.0 Å². The van der Waals surface area contributed by atoms with Gasteiger partial charge in [-0.15, -0.1) is 0 Å². The van der Waals surface area contributed by atoms with Gasteiger partial charge in [0.25, 0.3) is 5.91 Å². The van der Waals surface area contributed by atoms with Crippen molar-refractivity contribution >= 4 is 11.7 Å². The van der Waals surface area contributed by atoms with E-state index < -0.39 is 0 Å². The van der Waals surface area contributed by atoms with Crippen LogP contribution in [0.5, 0.6) is 0 Å². The molecule has 1 aliphatic rings. The monoisotopic (exact) mass is 249 g/mol. The summed E-state index contributed by atoms with van der Waals surface area (Å²) in [7, 11) is 0. The minimum absolute atomic E-state index is 0.0227. The zero-order chi connectivity index (χ0) is 13.0. The molecule has 2 rings (SSSR count). The number of rotatable bonds is 3. The molecular formula is C13H19N3O2. The molecule has 0 spiro atoms. The lowest BCUT2D eigenvalue weighted by Gasteiger charge is -2.27. The lowest BCUT2D eigenvalue weighted by Crippen LogP contribution is -2.41. The fourth-order valence-electron chi connectivity index (χ4n) is 1.90. The summed E-state index contributed by atoms with van der Waals surface area (Å²) in [6.45, 7) is 6.57. The molecule has 0 bridgehead atoms. The first-order valence-corrected chi connectivity index (χ1v) is 6.27. The molecule has 0 radical (unpaired) electrons. The van der Waals surface area contributed by atoms with Crippen molar-refractivity contribution in [1.82, 2.24) is 9.88 Å². The van der Waals surface area contributed by atoms with E-state index in [1.807, 2.05) is 24.8 Å². The number of nitrogens with one attached hydrogen (secondary N) is 1. The van der Waals surface area contributed by atoms with Gasteiger partial charge in [0.15, 0.2) is 0 Å². The van der Waals surface area contributed by atoms with Gasteiger partial charge in [-0.3, -0.25) is 4.79 Å². The molecule has 0 unspecified atom stereocenters. The Balaban J connectivity index is 2.18. The van der Waals surface area contributed by atoms with E-state index in [1.165, 1.54) is 0 Å². The third-order valence-electron chi connectivity index (χ3n) is 2.76. The van der Waals surface area contributed by atoms with Crippen LogP contribution in [0, 0.1) is 0 Å². The summed E-state index contributed by atoms with van der Waals surface area (Å²) >= 11 is 0. The third-order valence-corrected chi connectivity index (χ3v) is 2.76. The number of pyridine rings is 1. The number of hydrogen-bond acceptors (Lipinski definition) is 4. The molecule has 1 N–H and O–H groups in total. The van der Waals surface area contributed by atoms with Gasteiger partial charge in [0, 0.05) is 25.3 Å². The Kier molecular flexibility index (Phi) is 4.15. The topological polar surface area (TPSA) is 54.5 Å². The van der Waals surface area contributed by atoms with E-state index in [-0.39, 0.29) is 11.9 Å². The van der Waals surface area contributed by atoms with E-state index in [9.17, 15) is 4.79 Å². The number of amides is 1. The lowest BCUT2D eigenvalue weighted by atomic mass is 10.2. The zero-order valence-electron chi connectivity index (χ0n) is 10.8. The normalized spacial score (nSPS) is 15.8. The van der Waals surface area contributed by atoms with Crippen molar-refractivity contribution in [3.05, 3.63) is 23.9 Å². The summed E-state index contributed by atoms with van der Waals surface area (Å²) in [5.41, 5.74) is 0.633. The molecule has 2 heterocycles. The molecule has 1 aliphatic heterocycles. The first kappa shape index (κ1) is 12.8. The fourth-order valence-corrected chi connectivity index (χ4v) is 1.90. The summed E-state index contributed by atoms with van der Waals surface area (Å²) in [5.74, 6) is 0.679. The maximum Gasteiger partial charge on any atom is 0.257 e. The van der Waals surface area contributed by atoms with Crippen LogP contribution in [-0.4, -0.2) is 48.1 Å². The van der Waals surface area contributed by atoms with Crippen molar-refractivity contribution in [1.29, 1.82) is 0 Å². The Morgan fingerprint density at radius 1 is 1.44 bits per heavy atom. The van der Waals surface area contributed by atoms with Crippen molar-refractivity contribution in [3.63, 3.8) is 0 Å². The predicted octanol–water partition coefficient (Wildman–Crippen LogP) is 1.37. The highest BCUT2D eigenvalue weighted by Gasteiger charge is 2.21. The van der Waals surface area contributed by atoms with Crippen LogP contribution in [0.1, 0.15) is 24.2 Å². The Morgan fingerprint density at radius 2 is 2.17 bits per heavy atom. The number of morpholine rings is 1. The van der Waals surface area contributed by atoms with Crippen LogP contribution < -0.4 is 5.32 Å². The van der Waals surface area contributed by atoms with Crippen molar-refractivity contribution in [3.8, 4) is 0 Å². The summed E-state index contributed by atoms with van der Waals surface area (Å²) < 4.78 is 5.26. The van der Waals surface area contributed by atoms with Gasteiger partial charge < -0.3 is 15.0 Å². The van der Waals surface area contributed by atoms with Crippen LogP contribution >= 0.6 is 0 Å². The Bertz CT molecular complexity index is 414. The second kappa shape index (κ2) is 5.82. The minimum atomic E-state index is 0.0227. The summed E-state index contributed by atoms with van der Waals surface area (Å²) in [5, 5.41) is 3.20. The maximum atomic E-state index is 12.4. The number of carbonyl (C=O) groups excluding carboxylic acids is 1. The highest BCUT2D eigenvalue weighted by Crippen LogP contribution is 2.16. The summed E-state index contributed by atoms with van der Waals surface area (Å²) in [6.07, 6.45) is 1.70. The van der Waals surface area contributed by atoms with Gasteiger partial charge in [-0.1, -0.05) is 0 Å². The maximum absolute atomic E-state index is 12.4. The molecule has 0 atom stereocenters. The first-order chi connectivity index (χ1) is 8.68. The largest absolute Gasteiger partial charge is 0.378 e. The van der Waals surface area contributed by atoms with E-state index in [1.54, 1.807) is 12.3 Å². The van der Waals surface area contributed by atoms with Crippen LogP contribution in [0.4, 0.5) is 5.82 Å². The van der Waals surface area contributed by atoms with E-state index in [2.05, 4.69) is 10.3 Å². The van der Waals surface area contributed by atoms with Gasteiger partial charge in [0.1, 0.15) is 5.82 Å². The average Bonchev–Trinajstić information content (AvgIpc) is 2.39. The van der Waals surface area contributed by atoms with E-state index in [0.29, 0.717) is 37.7 Å². The second-order valence-electron chi connectivity index (χ2n) is 4.60. The van der Waals surface area contributed by atoms with Crippen LogP contribution in [0.2, 0.25) is 0 Å². The second-order valence-corrected chi connectivity index (χ2v) is 4.60. The number of carbonyl (C=O) groups is 1. The van der Waals surface area contributed by atoms with Gasteiger partial charge >= 0.3 is 0 Å². The Hall–Kier alpha value is -1.62. The molecule has 0 saturated carbocycles. The molecular weight excluding hydrogens is 230 g/mol. The summed E-state index contributed by atoms with van der Waals surface area (Å²) in [4.78, 5) is 18.4. The number of ether oxygens (including phenoxy) is 1. The van der Waals surface area contributed by atoms with E-state index in [0.717, 1.165) is 0 Å². The average molecular weight is 249 g/mol. The van der Waals surface area contributed by atoms with Crippen LogP contribution in [0.25, 0.3) is 0 Å². The quantitative estimate of drug-likeness (QED) is 0.879. The van der Waals surface area contributed by atoms with Crippen LogP contribution in [0.15, 0.2) is 18.3 Å². The van der Waals surface area contributed by atoms with Crippen LogP contribution in [-0.2, 0) is 4.74 Å². The highest BCUT2D eigenvalue weighted by molar-refractivity contribution is 5.98. The third kappa shape index (κ3) is 2.98. The molecule has 1 saturated heterocycles. The van der Waals surface area contributed by atoms with Crippen molar-refractivity contribution in [2.75, 3.05) is 31.6 Å². The van der Waals surface area contributed by atoms with E-state index >= 15 is 0 Å². The highest BCUT2D eigenvalue weighted by atomic mass is 16.5. The molecule has 0 aliphatic carbocycles. The van der Waals surface area contributed by atoms with Crippen molar-refractivity contribution < 1.29 is 9.53 Å². The zero-order valence-corrected chi connectivity index (χ0v) is 10.8. The molecule has 0 aromatic carbocycles. The molecule has 1 fully saturated rings. The Morgan fingerprint density at radius 3 is 2.83 bits per heavy atom. The lowest BCUT2D eigenvalue weighted by molar-refractivity contribution is 0.0303. The minimum Gasteiger partial charge on any atom is -0.378 e. The molecule has 1 aromatic heterocycles. The van der Waals surface area contributed by atoms with Gasteiger partial charge in [-0.2, -0.15) is 0 Å². The fraction of sp³-hybridized carbons (Fsp3) is 0.538. The smallest absolute Gasteiger partial charge is 0.257 e. The van der Waals surface area contributed by atoms with Gasteiger partial charge in [0.05, 0.1) is 18.8 Å². The molecule has 1 aromatic rings. The van der Waals surface area contributed by atoms with Gasteiger partial charge in [-0.25, -0.2) is 4.98 Å². The molecule has 5 nitrogen and oxygen atoms in total. The summed E-state index contributed by atoms with van der Waals surface area (Å²) in [6, 6.07) is 3.85. The Labute approximate surface area is 107 Å². The van der Waals surface area contributed by atoms with Gasteiger partial charge in [0.2, 0.25) is 0 Å². The first-order valence-electron chi connectivity index (χ1n) is 6.27. The molecule has 18 heavy (non-hydrogen) atoms. The van der Waals surface area contributed by atoms with Crippen molar-refractivity contribution in [2.45, 2.75) is 19.9 Å². The standard InChI is InChI=1S/C13H19N3O2/c1-10(2)15-12-11(4-3-5-14-12)13(17)16-6-8-18-9-7-16/h3-5,10H,6-9H2,1-2H3,(H,14,15). The number of aromatic nitrogens is 1. The van der Waals surface area contributed by atoms with Crippen molar-refractivity contribution in [2.24, 2.45) is 0 Å². The van der Waals surface area contributed by atoms with Crippen LogP contribution in [0.3, 0.4) is 0 Å². The number of anilines is 1. The SMILES string of the molecule is CC(C)Nc1ncccc1C(=O)N1CCOCC1.